The van der Waals surface area contributed by atoms with Crippen molar-refractivity contribution in [3.05, 3.63) is 0 Å². The number of hydrogen-bond acceptors (Lipinski definition) is 2. The van der Waals surface area contributed by atoms with Crippen LogP contribution in [0.3, 0.4) is 0 Å². The lowest BCUT2D eigenvalue weighted by Gasteiger charge is -2.36. The Bertz CT molecular complexity index is 322. The van der Waals surface area contributed by atoms with Gasteiger partial charge in [0.25, 0.3) is 5.91 Å². The number of hydrogen-bond donors (Lipinski definition) is 1. The Kier molecular flexibility index (Phi) is 3.94. The van der Waals surface area contributed by atoms with Crippen molar-refractivity contribution < 1.29 is 27.2 Å². The molecule has 1 saturated heterocycles. The lowest BCUT2D eigenvalue weighted by atomic mass is 10.1. The Morgan fingerprint density at radius 3 is 2.65 bits per heavy atom. The van der Waals surface area contributed by atoms with Gasteiger partial charge in [-0.3, -0.25) is 9.59 Å². The predicted octanol–water partition coefficient (Wildman–Crippen LogP) is 0.624. The third kappa shape index (κ3) is 2.50. The standard InChI is InChI=1S/C9H12F4N2O2/c1-2-5-6(16)14-3-4-15(5)8(17)9(12,13)7(10)11/h5,7H,2-4H2,1H3,(H,14,16). The molecule has 8 heteroatoms. The molecule has 0 aliphatic carbocycles. The van der Waals surface area contributed by atoms with Crippen LogP contribution in [0.4, 0.5) is 17.6 Å². The number of carbonyl (C=O) groups is 2. The van der Waals surface area contributed by atoms with Crippen LogP contribution in [0.1, 0.15) is 13.3 Å². The Hall–Kier alpha value is -1.34. The molecule has 1 heterocycles. The van der Waals surface area contributed by atoms with E-state index in [1.165, 1.54) is 6.92 Å². The number of nitrogens with zero attached hydrogens (tertiary/aromatic N) is 1. The number of halogens is 4. The minimum absolute atomic E-state index is 0.0135. The first-order valence-corrected chi connectivity index (χ1v) is 5.07. The van der Waals surface area contributed by atoms with E-state index in [2.05, 4.69) is 5.32 Å². The summed E-state index contributed by atoms with van der Waals surface area (Å²) in [4.78, 5) is 23.1. The van der Waals surface area contributed by atoms with Crippen LogP contribution in [-0.4, -0.2) is 48.2 Å². The monoisotopic (exact) mass is 256 g/mol. The van der Waals surface area contributed by atoms with Crippen LogP contribution in [0.25, 0.3) is 0 Å². The van der Waals surface area contributed by atoms with Crippen molar-refractivity contribution in [3.63, 3.8) is 0 Å². The van der Waals surface area contributed by atoms with Gasteiger partial charge in [-0.15, -0.1) is 0 Å². The minimum atomic E-state index is -4.74. The largest absolute Gasteiger partial charge is 0.383 e. The zero-order chi connectivity index (χ0) is 13.2. The fourth-order valence-electron chi connectivity index (χ4n) is 1.65. The Morgan fingerprint density at radius 1 is 1.59 bits per heavy atom. The van der Waals surface area contributed by atoms with Crippen molar-refractivity contribution in [3.8, 4) is 0 Å². The van der Waals surface area contributed by atoms with Crippen molar-refractivity contribution >= 4 is 11.8 Å². The van der Waals surface area contributed by atoms with Crippen LogP contribution in [0.2, 0.25) is 0 Å². The quantitative estimate of drug-likeness (QED) is 0.753. The average molecular weight is 256 g/mol. The zero-order valence-corrected chi connectivity index (χ0v) is 9.05. The fourth-order valence-corrected chi connectivity index (χ4v) is 1.65. The molecule has 0 spiro atoms. The van der Waals surface area contributed by atoms with Gasteiger partial charge in [0.2, 0.25) is 5.91 Å². The molecule has 0 saturated carbocycles. The summed E-state index contributed by atoms with van der Waals surface area (Å²) in [7, 11) is 0. The van der Waals surface area contributed by atoms with Gasteiger partial charge < -0.3 is 10.2 Å². The van der Waals surface area contributed by atoms with Crippen LogP contribution in [0, 0.1) is 0 Å². The van der Waals surface area contributed by atoms with E-state index in [1.54, 1.807) is 0 Å². The first-order chi connectivity index (χ1) is 7.82. The highest BCUT2D eigenvalue weighted by molar-refractivity contribution is 5.91. The maximum atomic E-state index is 12.9. The molecule has 1 unspecified atom stereocenters. The summed E-state index contributed by atoms with van der Waals surface area (Å²) in [6.07, 6.45) is -3.98. The van der Waals surface area contributed by atoms with Crippen LogP contribution < -0.4 is 5.32 Å². The third-order valence-electron chi connectivity index (χ3n) is 2.54. The van der Waals surface area contributed by atoms with Gasteiger partial charge in [-0.2, -0.15) is 8.78 Å². The minimum Gasteiger partial charge on any atom is -0.353 e. The number of alkyl halides is 4. The molecule has 1 aliphatic rings. The van der Waals surface area contributed by atoms with Gasteiger partial charge in [0.15, 0.2) is 0 Å². The molecule has 17 heavy (non-hydrogen) atoms. The van der Waals surface area contributed by atoms with E-state index in [1.807, 2.05) is 0 Å². The topological polar surface area (TPSA) is 49.4 Å². The lowest BCUT2D eigenvalue weighted by Crippen LogP contribution is -2.61. The van der Waals surface area contributed by atoms with E-state index < -0.39 is 30.2 Å². The van der Waals surface area contributed by atoms with E-state index in [0.29, 0.717) is 4.90 Å². The highest BCUT2D eigenvalue weighted by atomic mass is 19.3. The smallest absolute Gasteiger partial charge is 0.353 e. The Labute approximate surface area is 94.9 Å². The second kappa shape index (κ2) is 4.89. The molecule has 98 valence electrons. The van der Waals surface area contributed by atoms with E-state index >= 15 is 0 Å². The number of rotatable bonds is 3. The normalized spacial score (nSPS) is 21.6. The molecule has 0 aromatic heterocycles. The van der Waals surface area contributed by atoms with Gasteiger partial charge in [0, 0.05) is 13.1 Å². The Morgan fingerprint density at radius 2 is 2.18 bits per heavy atom. The maximum absolute atomic E-state index is 12.9. The molecular weight excluding hydrogens is 244 g/mol. The second-order valence-electron chi connectivity index (χ2n) is 3.64. The molecule has 1 fully saturated rings. The summed E-state index contributed by atoms with van der Waals surface area (Å²) in [5, 5.41) is 2.38. The van der Waals surface area contributed by atoms with Gasteiger partial charge in [-0.05, 0) is 6.42 Å². The summed E-state index contributed by atoms with van der Waals surface area (Å²) in [6.45, 7) is 1.31. The lowest BCUT2D eigenvalue weighted by molar-refractivity contribution is -0.184. The first kappa shape index (κ1) is 13.7. The number of amides is 2. The van der Waals surface area contributed by atoms with E-state index in [-0.39, 0.29) is 19.5 Å². The highest BCUT2D eigenvalue weighted by Gasteiger charge is 2.53. The molecule has 1 N–H and O–H groups in total. The molecule has 0 bridgehead atoms. The molecule has 2 amide bonds. The van der Waals surface area contributed by atoms with Gasteiger partial charge in [0.1, 0.15) is 6.04 Å². The van der Waals surface area contributed by atoms with Gasteiger partial charge >= 0.3 is 12.3 Å². The van der Waals surface area contributed by atoms with Crippen molar-refractivity contribution in [1.82, 2.24) is 10.2 Å². The summed E-state index contributed by atoms with van der Waals surface area (Å²) in [6, 6.07) is -1.11. The highest BCUT2D eigenvalue weighted by Crippen LogP contribution is 2.27. The average Bonchev–Trinajstić information content (AvgIpc) is 2.27. The molecule has 0 radical (unpaired) electrons. The van der Waals surface area contributed by atoms with Crippen LogP contribution in [0.5, 0.6) is 0 Å². The first-order valence-electron chi connectivity index (χ1n) is 5.07. The van der Waals surface area contributed by atoms with Crippen molar-refractivity contribution in [2.45, 2.75) is 31.7 Å². The van der Waals surface area contributed by atoms with Gasteiger partial charge in [0.05, 0.1) is 0 Å². The molecule has 1 rings (SSSR count). The SMILES string of the molecule is CCC1C(=O)NCCN1C(=O)C(F)(F)C(F)F. The second-order valence-corrected chi connectivity index (χ2v) is 3.64. The molecule has 1 aliphatic heterocycles. The van der Waals surface area contributed by atoms with Crippen LogP contribution in [-0.2, 0) is 9.59 Å². The summed E-state index contributed by atoms with van der Waals surface area (Å²) >= 11 is 0. The Balaban J connectivity index is 2.90. The fraction of sp³-hybridized carbons (Fsp3) is 0.778. The molecule has 0 aromatic carbocycles. The van der Waals surface area contributed by atoms with Crippen molar-refractivity contribution in [1.29, 1.82) is 0 Å². The predicted molar refractivity (Wildman–Crippen MR) is 49.8 cm³/mol. The number of carbonyl (C=O) groups excluding carboxylic acids is 2. The molecule has 1 atom stereocenters. The number of nitrogens with one attached hydrogen (secondary N) is 1. The van der Waals surface area contributed by atoms with Crippen molar-refractivity contribution in [2.24, 2.45) is 0 Å². The maximum Gasteiger partial charge on any atom is 0.383 e. The van der Waals surface area contributed by atoms with E-state index in [9.17, 15) is 27.2 Å². The molecular formula is C9H12F4N2O2. The molecule has 4 nitrogen and oxygen atoms in total. The summed E-state index contributed by atoms with van der Waals surface area (Å²) in [5.74, 6) is -7.34. The van der Waals surface area contributed by atoms with Gasteiger partial charge in [-0.1, -0.05) is 6.92 Å². The van der Waals surface area contributed by atoms with E-state index in [0.717, 1.165) is 0 Å². The zero-order valence-electron chi connectivity index (χ0n) is 9.05. The molecule has 0 aromatic rings. The summed E-state index contributed by atoms with van der Waals surface area (Å²) < 4.78 is 49.9. The summed E-state index contributed by atoms with van der Waals surface area (Å²) in [5.41, 5.74) is 0. The third-order valence-corrected chi connectivity index (χ3v) is 2.54. The number of piperazine rings is 1. The van der Waals surface area contributed by atoms with E-state index in [4.69, 9.17) is 0 Å². The van der Waals surface area contributed by atoms with Crippen LogP contribution >= 0.6 is 0 Å². The van der Waals surface area contributed by atoms with Crippen molar-refractivity contribution in [2.75, 3.05) is 13.1 Å². The van der Waals surface area contributed by atoms with Gasteiger partial charge in [-0.25, -0.2) is 8.78 Å². The van der Waals surface area contributed by atoms with Crippen LogP contribution in [0.15, 0.2) is 0 Å².